The molecule has 0 bridgehead atoms. The molecule has 0 aromatic carbocycles. The lowest BCUT2D eigenvalue weighted by atomic mass is 10.7. The Balaban J connectivity index is 1.92. The molecule has 1 saturated carbocycles. The minimum Gasteiger partial charge on any atom is -0.215 e. The molecule has 0 unspecified atom stereocenters. The number of amidine groups is 1. The van der Waals surface area contributed by atoms with E-state index >= 15 is 0 Å². The Labute approximate surface area is 40.6 Å². The van der Waals surface area contributed by atoms with Crippen LogP contribution >= 0.6 is 0 Å². The van der Waals surface area contributed by atoms with Crippen LogP contribution in [0.1, 0.15) is 12.8 Å². The fourth-order valence-electron chi connectivity index (χ4n) is 0.618. The van der Waals surface area contributed by atoms with Crippen LogP contribution in [0.25, 0.3) is 0 Å². The van der Waals surface area contributed by atoms with Crippen molar-refractivity contribution < 1.29 is 4.39 Å². The summed E-state index contributed by atoms with van der Waals surface area (Å²) in [6.45, 7) is 0. The molecule has 0 amide bonds. The molecule has 7 heavy (non-hydrogen) atoms. The van der Waals surface area contributed by atoms with Gasteiger partial charge in [-0.25, -0.2) is 5.01 Å². The van der Waals surface area contributed by atoms with Gasteiger partial charge < -0.3 is 0 Å². The maximum atomic E-state index is 11.7. The maximum absolute atomic E-state index is 11.7. The van der Waals surface area contributed by atoms with Crippen molar-refractivity contribution in [1.29, 1.82) is 0 Å². The average molecular weight is 100 g/mol. The number of halogens is 1. The summed E-state index contributed by atoms with van der Waals surface area (Å²) in [6, 6.07) is 0.444. The molecule has 1 aliphatic heterocycles. The van der Waals surface area contributed by atoms with E-state index in [0.29, 0.717) is 6.04 Å². The van der Waals surface area contributed by atoms with Crippen LogP contribution in [0.2, 0.25) is 0 Å². The molecule has 1 aliphatic carbocycles. The van der Waals surface area contributed by atoms with Gasteiger partial charge in [0.25, 0.3) is 0 Å². The topological polar surface area (TPSA) is 15.4 Å². The summed E-state index contributed by atoms with van der Waals surface area (Å²) >= 11 is 0. The van der Waals surface area contributed by atoms with Crippen LogP contribution < -0.4 is 0 Å². The molecule has 1 fully saturated rings. The van der Waals surface area contributed by atoms with E-state index in [1.807, 2.05) is 0 Å². The lowest BCUT2D eigenvalue weighted by molar-refractivity contribution is 0.515. The number of nitrogens with zero attached hydrogens (tertiary/aromatic N) is 2. The van der Waals surface area contributed by atoms with Crippen LogP contribution in [0.3, 0.4) is 0 Å². The zero-order valence-electron chi connectivity index (χ0n) is 3.76. The average Bonchev–Trinajstić information content (AvgIpc) is 2.23. The normalized spacial score (nSPS) is 27.6. The van der Waals surface area contributed by atoms with Crippen LogP contribution in [-0.2, 0) is 0 Å². The summed E-state index contributed by atoms with van der Waals surface area (Å²) < 4.78 is 11.7. The third-order valence-corrected chi connectivity index (χ3v) is 1.23. The second-order valence-corrected chi connectivity index (χ2v) is 1.94. The van der Waals surface area contributed by atoms with Crippen molar-refractivity contribution in [3.05, 3.63) is 0 Å². The van der Waals surface area contributed by atoms with Crippen molar-refractivity contribution >= 4 is 6.09 Å². The van der Waals surface area contributed by atoms with Crippen LogP contribution in [0.5, 0.6) is 0 Å². The highest BCUT2D eigenvalue weighted by Crippen LogP contribution is 2.32. The second-order valence-electron chi connectivity index (χ2n) is 1.94. The van der Waals surface area contributed by atoms with Gasteiger partial charge >= 0.3 is 6.09 Å². The SMILES string of the molecule is FC1=NN1C1CC1. The van der Waals surface area contributed by atoms with Gasteiger partial charge in [0.2, 0.25) is 0 Å². The Hall–Kier alpha value is -0.600. The quantitative estimate of drug-likeness (QED) is 0.443. The summed E-state index contributed by atoms with van der Waals surface area (Å²) in [7, 11) is 0. The predicted molar refractivity (Wildman–Crippen MR) is 23.4 cm³/mol. The summed E-state index contributed by atoms with van der Waals surface area (Å²) in [5, 5.41) is 4.84. The standard InChI is InChI=1S/C4H5FN2/c5-4-6-7(4)3-1-2-3/h3H,1-2H2. The van der Waals surface area contributed by atoms with Crippen LogP contribution in [0, 0.1) is 0 Å². The maximum Gasteiger partial charge on any atom is 0.323 e. The van der Waals surface area contributed by atoms with Gasteiger partial charge in [0.1, 0.15) is 0 Å². The molecule has 0 atom stereocenters. The summed E-state index contributed by atoms with van der Waals surface area (Å²) in [4.78, 5) is 0. The molecule has 2 rings (SSSR count). The first kappa shape index (κ1) is 3.41. The monoisotopic (exact) mass is 100 g/mol. The van der Waals surface area contributed by atoms with Gasteiger partial charge in [0, 0.05) is 0 Å². The van der Waals surface area contributed by atoms with Gasteiger partial charge in [-0.05, 0) is 12.8 Å². The molecule has 38 valence electrons. The molecule has 0 spiro atoms. The van der Waals surface area contributed by atoms with E-state index in [4.69, 9.17) is 0 Å². The highest BCUT2D eigenvalue weighted by atomic mass is 19.1. The Bertz CT molecular complexity index is 128. The van der Waals surface area contributed by atoms with E-state index < -0.39 is 0 Å². The summed E-state index contributed by atoms with van der Waals surface area (Å²) in [5.74, 6) is 0. The lowest BCUT2D eigenvalue weighted by Crippen LogP contribution is -2.03. The molecule has 2 nitrogen and oxygen atoms in total. The number of hydrazone groups is 1. The molecule has 2 aliphatic rings. The molecule has 1 heterocycles. The van der Waals surface area contributed by atoms with Gasteiger partial charge in [-0.2, -0.15) is 4.39 Å². The van der Waals surface area contributed by atoms with Gasteiger partial charge in [0.15, 0.2) is 0 Å². The lowest BCUT2D eigenvalue weighted by Gasteiger charge is -1.87. The number of hydrogen-bond acceptors (Lipinski definition) is 2. The minimum atomic E-state index is -0.275. The number of hydrogen-bond donors (Lipinski definition) is 0. The molecular weight excluding hydrogens is 95.1 g/mol. The van der Waals surface area contributed by atoms with Crippen LogP contribution in [0.4, 0.5) is 4.39 Å². The Morgan fingerprint density at radius 1 is 1.71 bits per heavy atom. The fraction of sp³-hybridized carbons (Fsp3) is 0.750. The largest absolute Gasteiger partial charge is 0.323 e. The first-order chi connectivity index (χ1) is 3.38. The second kappa shape index (κ2) is 0.804. The van der Waals surface area contributed by atoms with Gasteiger partial charge in [0.05, 0.1) is 6.04 Å². The first-order valence-electron chi connectivity index (χ1n) is 2.41. The van der Waals surface area contributed by atoms with Crippen LogP contribution in [-0.4, -0.2) is 17.1 Å². The zero-order chi connectivity index (χ0) is 4.85. The van der Waals surface area contributed by atoms with Crippen molar-refractivity contribution in [2.24, 2.45) is 5.10 Å². The van der Waals surface area contributed by atoms with E-state index in [-0.39, 0.29) is 6.09 Å². The summed E-state index contributed by atoms with van der Waals surface area (Å²) in [5.41, 5.74) is 0. The van der Waals surface area contributed by atoms with Gasteiger partial charge in [-0.15, -0.1) is 5.10 Å². The van der Waals surface area contributed by atoms with Crippen molar-refractivity contribution in [1.82, 2.24) is 5.01 Å². The highest BCUT2D eigenvalue weighted by Gasteiger charge is 2.39. The predicted octanol–water partition coefficient (Wildman–Crippen LogP) is 0.705. The Kier molecular flexibility index (Phi) is 0.392. The van der Waals surface area contributed by atoms with E-state index in [2.05, 4.69) is 5.10 Å². The molecule has 0 N–H and O–H groups in total. The number of rotatable bonds is 1. The minimum absolute atomic E-state index is 0.275. The van der Waals surface area contributed by atoms with E-state index in [1.165, 1.54) is 5.01 Å². The fourth-order valence-corrected chi connectivity index (χ4v) is 0.618. The van der Waals surface area contributed by atoms with E-state index in [9.17, 15) is 4.39 Å². The smallest absolute Gasteiger partial charge is 0.215 e. The van der Waals surface area contributed by atoms with Crippen molar-refractivity contribution in [3.63, 3.8) is 0 Å². The first-order valence-corrected chi connectivity index (χ1v) is 2.41. The van der Waals surface area contributed by atoms with E-state index in [1.54, 1.807) is 0 Å². The Morgan fingerprint density at radius 3 is 2.43 bits per heavy atom. The van der Waals surface area contributed by atoms with E-state index in [0.717, 1.165) is 12.8 Å². The molecular formula is C4H5FN2. The Morgan fingerprint density at radius 2 is 2.29 bits per heavy atom. The third-order valence-electron chi connectivity index (χ3n) is 1.23. The van der Waals surface area contributed by atoms with Crippen molar-refractivity contribution in [3.8, 4) is 0 Å². The van der Waals surface area contributed by atoms with Crippen LogP contribution in [0.15, 0.2) is 5.10 Å². The molecule has 0 aromatic rings. The molecule has 3 heteroatoms. The molecule has 0 radical (unpaired) electrons. The van der Waals surface area contributed by atoms with Crippen molar-refractivity contribution in [2.45, 2.75) is 18.9 Å². The molecule has 0 aromatic heterocycles. The molecule has 0 saturated heterocycles. The van der Waals surface area contributed by atoms with Gasteiger partial charge in [-0.1, -0.05) is 0 Å². The van der Waals surface area contributed by atoms with Gasteiger partial charge in [-0.3, -0.25) is 0 Å². The zero-order valence-corrected chi connectivity index (χ0v) is 3.76. The third kappa shape index (κ3) is 0.406. The van der Waals surface area contributed by atoms with Crippen molar-refractivity contribution in [2.75, 3.05) is 0 Å². The summed E-state index contributed by atoms with van der Waals surface area (Å²) in [6.07, 6.45) is 1.97. The highest BCUT2D eigenvalue weighted by molar-refractivity contribution is 5.82.